The lowest BCUT2D eigenvalue weighted by molar-refractivity contribution is 0.102. The molecule has 0 aliphatic heterocycles. The fourth-order valence-corrected chi connectivity index (χ4v) is 1.72. The Labute approximate surface area is 112 Å². The molecule has 0 spiro atoms. The Hall–Kier alpha value is -2.30. The zero-order chi connectivity index (χ0) is 13.7. The molecule has 0 bridgehead atoms. The van der Waals surface area contributed by atoms with Crippen molar-refractivity contribution >= 4 is 17.4 Å². The number of aromatic nitrogens is 1. The molecule has 5 heteroatoms. The third-order valence-corrected chi connectivity index (χ3v) is 2.66. The summed E-state index contributed by atoms with van der Waals surface area (Å²) in [4.78, 5) is 12.2. The van der Waals surface area contributed by atoms with E-state index in [0.717, 1.165) is 24.2 Å². The summed E-state index contributed by atoms with van der Waals surface area (Å²) in [6, 6.07) is 7.29. The van der Waals surface area contributed by atoms with Crippen LogP contribution in [0.4, 0.5) is 11.5 Å². The number of nitrogens with one attached hydrogen (secondary N) is 2. The van der Waals surface area contributed by atoms with E-state index in [9.17, 15) is 4.79 Å². The zero-order valence-corrected chi connectivity index (χ0v) is 11.1. The first-order chi connectivity index (χ1) is 9.20. The Kier molecular flexibility index (Phi) is 4.18. The number of nitrogens with zero attached hydrogens (tertiary/aromatic N) is 1. The van der Waals surface area contributed by atoms with Crippen LogP contribution < -0.4 is 10.6 Å². The van der Waals surface area contributed by atoms with Crippen molar-refractivity contribution < 1.29 is 9.32 Å². The molecular formula is C14H17N3O2. The van der Waals surface area contributed by atoms with E-state index in [1.165, 1.54) is 6.26 Å². The highest BCUT2D eigenvalue weighted by atomic mass is 16.5. The summed E-state index contributed by atoms with van der Waals surface area (Å²) in [5.74, 6) is 0.208. The molecule has 1 aromatic heterocycles. The SMILES string of the molecule is CCCNc1cc(C)ccc1C(=O)Nc1ccon1. The minimum atomic E-state index is -0.201. The van der Waals surface area contributed by atoms with Gasteiger partial charge in [0.05, 0.1) is 5.56 Å². The smallest absolute Gasteiger partial charge is 0.259 e. The minimum absolute atomic E-state index is 0.201. The molecule has 0 unspecified atom stereocenters. The molecule has 0 atom stereocenters. The Bertz CT molecular complexity index is 550. The third kappa shape index (κ3) is 3.34. The van der Waals surface area contributed by atoms with Crippen LogP contribution in [-0.2, 0) is 0 Å². The van der Waals surface area contributed by atoms with Crippen LogP contribution in [0, 0.1) is 6.92 Å². The lowest BCUT2D eigenvalue weighted by Gasteiger charge is -2.11. The fraction of sp³-hybridized carbons (Fsp3) is 0.286. The molecule has 2 rings (SSSR count). The first-order valence-corrected chi connectivity index (χ1v) is 6.27. The normalized spacial score (nSPS) is 10.2. The Morgan fingerprint density at radius 3 is 2.89 bits per heavy atom. The minimum Gasteiger partial charge on any atom is -0.384 e. The summed E-state index contributed by atoms with van der Waals surface area (Å²) < 4.78 is 4.69. The highest BCUT2D eigenvalue weighted by Gasteiger charge is 2.12. The first-order valence-electron chi connectivity index (χ1n) is 6.27. The number of anilines is 2. The van der Waals surface area contributed by atoms with Crippen molar-refractivity contribution in [2.75, 3.05) is 17.2 Å². The van der Waals surface area contributed by atoms with Crippen molar-refractivity contribution in [3.8, 4) is 0 Å². The van der Waals surface area contributed by atoms with Gasteiger partial charge in [-0.1, -0.05) is 18.1 Å². The third-order valence-electron chi connectivity index (χ3n) is 2.66. The summed E-state index contributed by atoms with van der Waals surface area (Å²) in [6.07, 6.45) is 2.42. The van der Waals surface area contributed by atoms with Crippen LogP contribution in [0.5, 0.6) is 0 Å². The van der Waals surface area contributed by atoms with Crippen LogP contribution in [0.3, 0.4) is 0 Å². The van der Waals surface area contributed by atoms with Gasteiger partial charge in [-0.2, -0.15) is 0 Å². The molecule has 0 fully saturated rings. The average molecular weight is 259 g/mol. The number of hydrogen-bond acceptors (Lipinski definition) is 4. The van der Waals surface area contributed by atoms with E-state index in [1.807, 2.05) is 25.1 Å². The maximum atomic E-state index is 12.2. The van der Waals surface area contributed by atoms with Gasteiger partial charge in [-0.05, 0) is 31.0 Å². The van der Waals surface area contributed by atoms with E-state index in [0.29, 0.717) is 11.4 Å². The molecule has 2 aromatic rings. The summed E-state index contributed by atoms with van der Waals surface area (Å²) in [5.41, 5.74) is 2.54. The molecule has 0 aliphatic rings. The van der Waals surface area contributed by atoms with Crippen molar-refractivity contribution in [2.45, 2.75) is 20.3 Å². The van der Waals surface area contributed by atoms with Crippen LogP contribution >= 0.6 is 0 Å². The average Bonchev–Trinajstić information content (AvgIpc) is 2.89. The highest BCUT2D eigenvalue weighted by Crippen LogP contribution is 2.19. The van der Waals surface area contributed by atoms with Gasteiger partial charge < -0.3 is 15.2 Å². The van der Waals surface area contributed by atoms with E-state index in [1.54, 1.807) is 6.07 Å². The Morgan fingerprint density at radius 1 is 1.37 bits per heavy atom. The first kappa shape index (κ1) is 13.1. The lowest BCUT2D eigenvalue weighted by atomic mass is 10.1. The standard InChI is InChI=1S/C14H17N3O2/c1-3-7-15-12-9-10(2)4-5-11(12)14(18)16-13-6-8-19-17-13/h4-6,8-9,15H,3,7H2,1-2H3,(H,16,17,18). The molecule has 0 saturated heterocycles. The monoisotopic (exact) mass is 259 g/mol. The van der Waals surface area contributed by atoms with E-state index in [4.69, 9.17) is 0 Å². The number of aryl methyl sites for hydroxylation is 1. The van der Waals surface area contributed by atoms with Crippen molar-refractivity contribution in [3.63, 3.8) is 0 Å². The molecule has 100 valence electrons. The van der Waals surface area contributed by atoms with Crippen molar-refractivity contribution in [1.82, 2.24) is 5.16 Å². The number of amides is 1. The van der Waals surface area contributed by atoms with Gasteiger partial charge >= 0.3 is 0 Å². The second-order valence-corrected chi connectivity index (χ2v) is 4.31. The van der Waals surface area contributed by atoms with Crippen LogP contribution in [-0.4, -0.2) is 17.6 Å². The van der Waals surface area contributed by atoms with Gasteiger partial charge in [-0.3, -0.25) is 4.79 Å². The maximum absolute atomic E-state index is 12.2. The maximum Gasteiger partial charge on any atom is 0.259 e. The van der Waals surface area contributed by atoms with Gasteiger partial charge in [0, 0.05) is 18.3 Å². The summed E-state index contributed by atoms with van der Waals surface area (Å²) >= 11 is 0. The topological polar surface area (TPSA) is 67.2 Å². The largest absolute Gasteiger partial charge is 0.384 e. The van der Waals surface area contributed by atoms with Crippen LogP contribution in [0.1, 0.15) is 29.3 Å². The molecule has 0 radical (unpaired) electrons. The van der Waals surface area contributed by atoms with Crippen LogP contribution in [0.2, 0.25) is 0 Å². The van der Waals surface area contributed by atoms with E-state index in [2.05, 4.69) is 27.2 Å². The number of rotatable bonds is 5. The summed E-state index contributed by atoms with van der Waals surface area (Å²) in [5, 5.41) is 9.61. The highest BCUT2D eigenvalue weighted by molar-refractivity contribution is 6.07. The Balaban J connectivity index is 2.20. The number of carbonyl (C=O) groups excluding carboxylic acids is 1. The van der Waals surface area contributed by atoms with Crippen LogP contribution in [0.25, 0.3) is 0 Å². The molecule has 1 aromatic carbocycles. The van der Waals surface area contributed by atoms with Gasteiger partial charge in [-0.15, -0.1) is 0 Å². The lowest BCUT2D eigenvalue weighted by Crippen LogP contribution is -2.15. The number of hydrogen-bond donors (Lipinski definition) is 2. The molecule has 5 nitrogen and oxygen atoms in total. The number of benzene rings is 1. The molecule has 19 heavy (non-hydrogen) atoms. The van der Waals surface area contributed by atoms with Gasteiger partial charge in [0.2, 0.25) is 0 Å². The second kappa shape index (κ2) is 6.04. The van der Waals surface area contributed by atoms with Crippen molar-refractivity contribution in [1.29, 1.82) is 0 Å². The predicted molar refractivity (Wildman–Crippen MR) is 74.4 cm³/mol. The fourth-order valence-electron chi connectivity index (χ4n) is 1.72. The number of carbonyl (C=O) groups is 1. The molecule has 1 amide bonds. The van der Waals surface area contributed by atoms with Gasteiger partial charge in [0.15, 0.2) is 5.82 Å². The van der Waals surface area contributed by atoms with Crippen molar-refractivity contribution in [2.24, 2.45) is 0 Å². The molecule has 0 aliphatic carbocycles. The summed E-state index contributed by atoms with van der Waals surface area (Å²) in [6.45, 7) is 4.90. The molecule has 1 heterocycles. The van der Waals surface area contributed by atoms with Crippen molar-refractivity contribution in [3.05, 3.63) is 41.7 Å². The van der Waals surface area contributed by atoms with Crippen LogP contribution in [0.15, 0.2) is 35.1 Å². The second-order valence-electron chi connectivity index (χ2n) is 4.31. The molecule has 0 saturated carbocycles. The van der Waals surface area contributed by atoms with E-state index < -0.39 is 0 Å². The molecule has 2 N–H and O–H groups in total. The van der Waals surface area contributed by atoms with Gasteiger partial charge in [-0.25, -0.2) is 0 Å². The van der Waals surface area contributed by atoms with Gasteiger partial charge in [0.1, 0.15) is 6.26 Å². The quantitative estimate of drug-likeness (QED) is 0.866. The van der Waals surface area contributed by atoms with E-state index in [-0.39, 0.29) is 5.91 Å². The summed E-state index contributed by atoms with van der Waals surface area (Å²) in [7, 11) is 0. The predicted octanol–water partition coefficient (Wildman–Crippen LogP) is 3.06. The van der Waals surface area contributed by atoms with E-state index >= 15 is 0 Å². The zero-order valence-electron chi connectivity index (χ0n) is 11.1. The Morgan fingerprint density at radius 2 is 2.21 bits per heavy atom. The molecular weight excluding hydrogens is 242 g/mol. The van der Waals surface area contributed by atoms with Gasteiger partial charge in [0.25, 0.3) is 5.91 Å².